The summed E-state index contributed by atoms with van der Waals surface area (Å²) in [6.45, 7) is 2.35. The molecule has 1 unspecified atom stereocenters. The van der Waals surface area contributed by atoms with Gasteiger partial charge in [0.1, 0.15) is 12.7 Å². The van der Waals surface area contributed by atoms with Crippen LogP contribution in [0, 0.1) is 0 Å². The lowest BCUT2D eigenvalue weighted by molar-refractivity contribution is -0.264. The second kappa shape index (κ2) is 4.72. The molecule has 0 aromatic carbocycles. The quantitative estimate of drug-likeness (QED) is 0.659. The number of H-pyrrole nitrogens is 1. The molecule has 4 rings (SSSR count). The molecule has 2 saturated heterocycles. The molecule has 11 heteroatoms. The van der Waals surface area contributed by atoms with Crippen LogP contribution in [0.1, 0.15) is 20.1 Å². The summed E-state index contributed by atoms with van der Waals surface area (Å²) in [5.74, 6) is -3.61. The fourth-order valence-corrected chi connectivity index (χ4v) is 3.14. The number of alkyl halides is 1. The van der Waals surface area contributed by atoms with Crippen molar-refractivity contribution in [2.24, 2.45) is 0 Å². The standard InChI is InChI=1S/C13H16FN5O5/c1-12(2)22-6-7(23-12)13(14,3-20)24-10(6)19-4-16-5-8(19)17-11(15)18-9(5)21/h4,6-7,10,20H,3H2,1-2H3,(H3,15,17,18,21)/t6-,7?,10+,13+/m0/s1. The number of nitrogens with one attached hydrogen (secondary N) is 1. The van der Waals surface area contributed by atoms with Gasteiger partial charge in [0.05, 0.1) is 6.33 Å². The minimum absolute atomic E-state index is 0.0304. The van der Waals surface area contributed by atoms with Gasteiger partial charge < -0.3 is 25.1 Å². The van der Waals surface area contributed by atoms with E-state index in [-0.39, 0.29) is 17.1 Å². The topological polar surface area (TPSA) is 138 Å². The Hall–Kier alpha value is -2.08. The third-order valence-corrected chi connectivity index (χ3v) is 4.09. The molecular weight excluding hydrogens is 325 g/mol. The molecular formula is C13H16FN5O5. The summed E-state index contributed by atoms with van der Waals surface area (Å²) in [6.07, 6.45) is -1.75. The number of aromatic amines is 1. The summed E-state index contributed by atoms with van der Waals surface area (Å²) < 4.78 is 32.9. The molecule has 4 atom stereocenters. The van der Waals surface area contributed by atoms with Crippen molar-refractivity contribution in [3.8, 4) is 0 Å². The Balaban J connectivity index is 1.84. The summed E-state index contributed by atoms with van der Waals surface area (Å²) in [6, 6.07) is 0. The van der Waals surface area contributed by atoms with Gasteiger partial charge in [-0.05, 0) is 13.8 Å². The minimum Gasteiger partial charge on any atom is -0.390 e. The van der Waals surface area contributed by atoms with E-state index in [1.807, 2.05) is 0 Å². The first-order valence-electron chi connectivity index (χ1n) is 7.30. The Kier molecular flexibility index (Phi) is 3.04. The van der Waals surface area contributed by atoms with Crippen LogP contribution in [0.15, 0.2) is 11.1 Å². The summed E-state index contributed by atoms with van der Waals surface area (Å²) in [5.41, 5.74) is 5.19. The van der Waals surface area contributed by atoms with Crippen LogP contribution in [0.25, 0.3) is 11.2 Å². The highest BCUT2D eigenvalue weighted by molar-refractivity contribution is 5.70. The lowest BCUT2D eigenvalue weighted by Crippen LogP contribution is -2.42. The van der Waals surface area contributed by atoms with Gasteiger partial charge in [0.15, 0.2) is 29.3 Å². The molecule has 0 bridgehead atoms. The Morgan fingerprint density at radius 2 is 2.21 bits per heavy atom. The average molecular weight is 341 g/mol. The average Bonchev–Trinajstić information content (AvgIpc) is 3.11. The predicted molar refractivity (Wildman–Crippen MR) is 77.4 cm³/mol. The number of ether oxygens (including phenoxy) is 3. The van der Waals surface area contributed by atoms with Crippen molar-refractivity contribution in [3.05, 3.63) is 16.7 Å². The molecule has 0 spiro atoms. The number of aliphatic hydroxyl groups excluding tert-OH is 1. The first kappa shape index (κ1) is 15.4. The normalized spacial score (nSPS) is 34.8. The van der Waals surface area contributed by atoms with Gasteiger partial charge in [-0.3, -0.25) is 14.3 Å². The molecule has 2 aromatic rings. The molecule has 0 amide bonds. The number of anilines is 1. The van der Waals surface area contributed by atoms with Crippen LogP contribution in [-0.4, -0.2) is 55.1 Å². The molecule has 4 heterocycles. The van der Waals surface area contributed by atoms with Crippen LogP contribution in [0.4, 0.5) is 10.3 Å². The highest BCUT2D eigenvalue weighted by atomic mass is 19.2. The third-order valence-electron chi connectivity index (χ3n) is 4.09. The van der Waals surface area contributed by atoms with Gasteiger partial charge in [-0.1, -0.05) is 0 Å². The van der Waals surface area contributed by atoms with Crippen molar-refractivity contribution in [2.75, 3.05) is 12.3 Å². The van der Waals surface area contributed by atoms with Crippen LogP contribution in [0.3, 0.4) is 0 Å². The van der Waals surface area contributed by atoms with E-state index in [9.17, 15) is 14.3 Å². The van der Waals surface area contributed by atoms with Gasteiger partial charge in [-0.15, -0.1) is 0 Å². The monoisotopic (exact) mass is 341 g/mol. The van der Waals surface area contributed by atoms with E-state index in [0.29, 0.717) is 0 Å². The molecule has 2 aromatic heterocycles. The zero-order chi connectivity index (χ0) is 17.3. The second-order valence-corrected chi connectivity index (χ2v) is 6.25. The lowest BCUT2D eigenvalue weighted by atomic mass is 10.1. The highest BCUT2D eigenvalue weighted by Gasteiger charge is 2.64. The molecule has 0 saturated carbocycles. The van der Waals surface area contributed by atoms with Crippen molar-refractivity contribution >= 4 is 17.1 Å². The molecule has 2 fully saturated rings. The van der Waals surface area contributed by atoms with Crippen LogP contribution in [0.2, 0.25) is 0 Å². The van der Waals surface area contributed by atoms with Crippen molar-refractivity contribution in [1.82, 2.24) is 19.5 Å². The van der Waals surface area contributed by atoms with E-state index in [1.165, 1.54) is 10.9 Å². The van der Waals surface area contributed by atoms with E-state index in [0.717, 1.165) is 0 Å². The maximum absolute atomic E-state index is 14.9. The highest BCUT2D eigenvalue weighted by Crippen LogP contribution is 2.48. The lowest BCUT2D eigenvalue weighted by Gasteiger charge is -2.27. The summed E-state index contributed by atoms with van der Waals surface area (Å²) in [4.78, 5) is 22.2. The van der Waals surface area contributed by atoms with Gasteiger partial charge >= 0.3 is 0 Å². The van der Waals surface area contributed by atoms with E-state index in [1.54, 1.807) is 13.8 Å². The van der Waals surface area contributed by atoms with Crippen LogP contribution in [-0.2, 0) is 14.2 Å². The molecule has 0 aliphatic carbocycles. The summed E-state index contributed by atoms with van der Waals surface area (Å²) >= 11 is 0. The maximum atomic E-state index is 14.9. The zero-order valence-corrected chi connectivity index (χ0v) is 12.9. The largest absolute Gasteiger partial charge is 0.390 e. The molecule has 24 heavy (non-hydrogen) atoms. The molecule has 2 aliphatic heterocycles. The number of nitrogens with two attached hydrogens (primary N) is 1. The Morgan fingerprint density at radius 1 is 1.46 bits per heavy atom. The first-order valence-corrected chi connectivity index (χ1v) is 7.30. The smallest absolute Gasteiger partial charge is 0.280 e. The van der Waals surface area contributed by atoms with Crippen molar-refractivity contribution in [3.63, 3.8) is 0 Å². The minimum atomic E-state index is -2.45. The summed E-state index contributed by atoms with van der Waals surface area (Å²) in [5, 5.41) is 9.41. The Morgan fingerprint density at radius 3 is 2.92 bits per heavy atom. The number of hydrogen-bond donors (Lipinski definition) is 3. The van der Waals surface area contributed by atoms with E-state index in [2.05, 4.69) is 15.0 Å². The third kappa shape index (κ3) is 2.05. The fraction of sp³-hybridized carbons (Fsp3) is 0.615. The van der Waals surface area contributed by atoms with Gasteiger partial charge in [0, 0.05) is 0 Å². The molecule has 4 N–H and O–H groups in total. The van der Waals surface area contributed by atoms with Crippen LogP contribution in [0.5, 0.6) is 0 Å². The number of rotatable bonds is 2. The SMILES string of the molecule is CC1(C)OC2[C@H](O1)[C@H](n1cnc3c(=O)[nH]c(N)nc31)O[C@]2(F)CO. The number of hydrogen-bond acceptors (Lipinski definition) is 8. The van der Waals surface area contributed by atoms with Crippen LogP contribution < -0.4 is 11.3 Å². The van der Waals surface area contributed by atoms with Crippen molar-refractivity contribution < 1.29 is 23.7 Å². The summed E-state index contributed by atoms with van der Waals surface area (Å²) in [7, 11) is 0. The van der Waals surface area contributed by atoms with Gasteiger partial charge in [0.25, 0.3) is 11.4 Å². The van der Waals surface area contributed by atoms with Gasteiger partial charge in [-0.25, -0.2) is 9.37 Å². The number of imidazole rings is 1. The van der Waals surface area contributed by atoms with E-state index in [4.69, 9.17) is 19.9 Å². The number of fused-ring (bicyclic) bond motifs is 2. The molecule has 0 radical (unpaired) electrons. The molecule has 130 valence electrons. The zero-order valence-electron chi connectivity index (χ0n) is 12.9. The van der Waals surface area contributed by atoms with Crippen LogP contribution >= 0.6 is 0 Å². The van der Waals surface area contributed by atoms with E-state index < -0.39 is 42.2 Å². The first-order chi connectivity index (χ1) is 11.2. The number of aromatic nitrogens is 4. The van der Waals surface area contributed by atoms with E-state index >= 15 is 0 Å². The second-order valence-electron chi connectivity index (χ2n) is 6.25. The van der Waals surface area contributed by atoms with Crippen molar-refractivity contribution in [1.29, 1.82) is 0 Å². The molecule has 10 nitrogen and oxygen atoms in total. The Labute approximate surface area is 134 Å². The van der Waals surface area contributed by atoms with Gasteiger partial charge in [-0.2, -0.15) is 4.98 Å². The van der Waals surface area contributed by atoms with Crippen molar-refractivity contribution in [2.45, 2.75) is 43.9 Å². The predicted octanol–water partition coefficient (Wildman–Crippen LogP) is -0.591. The number of aliphatic hydroxyl groups is 1. The Bertz CT molecular complexity index is 866. The number of nitrogen functional groups attached to an aromatic ring is 1. The fourth-order valence-electron chi connectivity index (χ4n) is 3.14. The maximum Gasteiger partial charge on any atom is 0.280 e. The number of nitrogens with zero attached hydrogens (tertiary/aromatic N) is 3. The number of halogens is 1. The van der Waals surface area contributed by atoms with Gasteiger partial charge in [0.2, 0.25) is 5.95 Å². The molecule has 2 aliphatic rings.